The number of hydrogen-bond acceptors (Lipinski definition) is 1. The van der Waals surface area contributed by atoms with Crippen molar-refractivity contribution >= 4 is 0 Å². The highest BCUT2D eigenvalue weighted by Crippen LogP contribution is 2.20. The molecule has 0 fully saturated rings. The lowest BCUT2D eigenvalue weighted by Gasteiger charge is -2.29. The summed E-state index contributed by atoms with van der Waals surface area (Å²) in [6.45, 7) is 10.9. The van der Waals surface area contributed by atoms with Gasteiger partial charge in [0, 0.05) is 11.6 Å². The van der Waals surface area contributed by atoms with Crippen molar-refractivity contribution in [3.05, 3.63) is 35.4 Å². The fraction of sp³-hybridized carbons (Fsp3) is 0.538. The Labute approximate surface area is 87.5 Å². The third-order valence-electron chi connectivity index (χ3n) is 2.42. The molecule has 0 aromatic heterocycles. The lowest BCUT2D eigenvalue weighted by molar-refractivity contribution is 0.365. The van der Waals surface area contributed by atoms with Gasteiger partial charge < -0.3 is 5.32 Å². The van der Waals surface area contributed by atoms with E-state index in [1.807, 2.05) is 0 Å². The molecule has 1 rings (SSSR count). The molecule has 1 heteroatoms. The van der Waals surface area contributed by atoms with Crippen LogP contribution in [0.1, 0.15) is 38.8 Å². The monoisotopic (exact) mass is 191 g/mol. The van der Waals surface area contributed by atoms with Gasteiger partial charge in [0.05, 0.1) is 0 Å². The molecule has 0 saturated carbocycles. The molecule has 1 aromatic carbocycles. The smallest absolute Gasteiger partial charge is 0.0379 e. The van der Waals surface area contributed by atoms with Gasteiger partial charge in [-0.2, -0.15) is 0 Å². The summed E-state index contributed by atoms with van der Waals surface area (Å²) in [6, 6.07) is 9.24. The summed E-state index contributed by atoms with van der Waals surface area (Å²) in [7, 11) is 0. The van der Waals surface area contributed by atoms with Crippen LogP contribution in [0.3, 0.4) is 0 Å². The molecule has 1 N–H and O–H groups in total. The zero-order valence-electron chi connectivity index (χ0n) is 9.89. The van der Waals surface area contributed by atoms with Crippen LogP contribution >= 0.6 is 0 Å². The van der Waals surface area contributed by atoms with E-state index in [1.54, 1.807) is 0 Å². The summed E-state index contributed by atoms with van der Waals surface area (Å²) in [4.78, 5) is 0. The minimum Gasteiger partial charge on any atom is -0.306 e. The van der Waals surface area contributed by atoms with Gasteiger partial charge in [-0.05, 0) is 26.3 Å². The lowest BCUT2D eigenvalue weighted by atomic mass is 9.93. The second-order valence-electron chi connectivity index (χ2n) is 4.79. The average Bonchev–Trinajstić information content (AvgIpc) is 2.02. The molecule has 0 unspecified atom stereocenters. The minimum absolute atomic E-state index is 0.0574. The van der Waals surface area contributed by atoms with Crippen LogP contribution in [0.15, 0.2) is 24.3 Å². The van der Waals surface area contributed by atoms with Crippen molar-refractivity contribution in [2.75, 3.05) is 0 Å². The van der Waals surface area contributed by atoms with E-state index in [0.717, 1.165) is 0 Å². The first-order chi connectivity index (χ1) is 6.42. The molecule has 0 aliphatic heterocycles. The van der Waals surface area contributed by atoms with Crippen LogP contribution in [-0.2, 0) is 5.54 Å². The van der Waals surface area contributed by atoms with Crippen molar-refractivity contribution in [2.24, 2.45) is 0 Å². The van der Waals surface area contributed by atoms with Gasteiger partial charge in [0.2, 0.25) is 0 Å². The predicted molar refractivity (Wildman–Crippen MR) is 62.5 cm³/mol. The first-order valence-electron chi connectivity index (χ1n) is 5.26. The second kappa shape index (κ2) is 4.14. The Morgan fingerprint density at radius 3 is 2.00 bits per heavy atom. The molecule has 0 saturated heterocycles. The minimum atomic E-state index is 0.0574. The van der Waals surface area contributed by atoms with E-state index in [-0.39, 0.29) is 5.54 Å². The molecule has 0 aliphatic rings. The molecular formula is C13H21N. The molecule has 1 aromatic rings. The maximum atomic E-state index is 3.55. The van der Waals surface area contributed by atoms with E-state index >= 15 is 0 Å². The van der Waals surface area contributed by atoms with Crippen LogP contribution in [-0.4, -0.2) is 6.04 Å². The highest BCUT2D eigenvalue weighted by atomic mass is 15.0. The Kier molecular flexibility index (Phi) is 3.33. The van der Waals surface area contributed by atoms with E-state index in [1.165, 1.54) is 11.1 Å². The van der Waals surface area contributed by atoms with Crippen LogP contribution in [0.5, 0.6) is 0 Å². The summed E-state index contributed by atoms with van der Waals surface area (Å²) in [5.74, 6) is 0. The van der Waals surface area contributed by atoms with Crippen molar-refractivity contribution in [3.63, 3.8) is 0 Å². The van der Waals surface area contributed by atoms with Gasteiger partial charge in [0.1, 0.15) is 0 Å². The highest BCUT2D eigenvalue weighted by molar-refractivity contribution is 5.26. The van der Waals surface area contributed by atoms with Crippen LogP contribution < -0.4 is 5.32 Å². The van der Waals surface area contributed by atoms with Crippen LogP contribution in [0, 0.1) is 6.92 Å². The lowest BCUT2D eigenvalue weighted by Crippen LogP contribution is -2.40. The van der Waals surface area contributed by atoms with Crippen molar-refractivity contribution in [3.8, 4) is 0 Å². The van der Waals surface area contributed by atoms with E-state index in [0.29, 0.717) is 6.04 Å². The second-order valence-corrected chi connectivity index (χ2v) is 4.79. The van der Waals surface area contributed by atoms with Gasteiger partial charge in [-0.15, -0.1) is 0 Å². The summed E-state index contributed by atoms with van der Waals surface area (Å²) in [5.41, 5.74) is 2.72. The highest BCUT2D eigenvalue weighted by Gasteiger charge is 2.20. The molecule has 0 spiro atoms. The van der Waals surface area contributed by atoms with Crippen molar-refractivity contribution in [2.45, 2.75) is 46.2 Å². The zero-order chi connectivity index (χ0) is 10.8. The predicted octanol–water partition coefficient (Wildman–Crippen LogP) is 3.23. The molecule has 14 heavy (non-hydrogen) atoms. The third-order valence-corrected chi connectivity index (χ3v) is 2.42. The summed E-state index contributed by atoms with van der Waals surface area (Å²) in [6.07, 6.45) is 0. The third kappa shape index (κ3) is 2.85. The van der Waals surface area contributed by atoms with Gasteiger partial charge in [-0.3, -0.25) is 0 Å². The van der Waals surface area contributed by atoms with Crippen molar-refractivity contribution in [1.29, 1.82) is 0 Å². The quantitative estimate of drug-likeness (QED) is 0.773. The average molecular weight is 191 g/mol. The molecule has 78 valence electrons. The number of benzene rings is 1. The van der Waals surface area contributed by atoms with E-state index in [2.05, 4.69) is 64.2 Å². The number of aryl methyl sites for hydroxylation is 1. The fourth-order valence-electron chi connectivity index (χ4n) is 1.78. The van der Waals surface area contributed by atoms with Crippen LogP contribution in [0.25, 0.3) is 0 Å². The van der Waals surface area contributed by atoms with Crippen LogP contribution in [0.4, 0.5) is 0 Å². The SMILES string of the molecule is Cc1ccc(C(C)(C)NC(C)C)cc1. The first kappa shape index (κ1) is 11.3. The standard InChI is InChI=1S/C13H21N/c1-10(2)14-13(4,5)12-8-6-11(3)7-9-12/h6-10,14H,1-5H3. The Balaban J connectivity index is 2.86. The molecule has 0 amide bonds. The maximum absolute atomic E-state index is 3.55. The largest absolute Gasteiger partial charge is 0.306 e. The number of rotatable bonds is 3. The van der Waals surface area contributed by atoms with Gasteiger partial charge in [-0.25, -0.2) is 0 Å². The van der Waals surface area contributed by atoms with E-state index < -0.39 is 0 Å². The topological polar surface area (TPSA) is 12.0 Å². The van der Waals surface area contributed by atoms with E-state index in [9.17, 15) is 0 Å². The van der Waals surface area contributed by atoms with Crippen molar-refractivity contribution in [1.82, 2.24) is 5.32 Å². The van der Waals surface area contributed by atoms with E-state index in [4.69, 9.17) is 0 Å². The Morgan fingerprint density at radius 2 is 1.57 bits per heavy atom. The number of hydrogen-bond donors (Lipinski definition) is 1. The van der Waals surface area contributed by atoms with Crippen molar-refractivity contribution < 1.29 is 0 Å². The van der Waals surface area contributed by atoms with Gasteiger partial charge >= 0.3 is 0 Å². The van der Waals surface area contributed by atoms with Gasteiger partial charge in [0.15, 0.2) is 0 Å². The maximum Gasteiger partial charge on any atom is 0.0379 e. The Hall–Kier alpha value is -0.820. The first-order valence-corrected chi connectivity index (χ1v) is 5.26. The molecule has 1 nitrogen and oxygen atoms in total. The summed E-state index contributed by atoms with van der Waals surface area (Å²) in [5, 5.41) is 3.55. The molecule has 0 bridgehead atoms. The zero-order valence-corrected chi connectivity index (χ0v) is 9.89. The molecule has 0 heterocycles. The Bertz CT molecular complexity index is 283. The van der Waals surface area contributed by atoms with Crippen LogP contribution in [0.2, 0.25) is 0 Å². The molecule has 0 radical (unpaired) electrons. The summed E-state index contributed by atoms with van der Waals surface area (Å²) >= 11 is 0. The molecular weight excluding hydrogens is 170 g/mol. The number of nitrogens with one attached hydrogen (secondary N) is 1. The molecule has 0 atom stereocenters. The van der Waals surface area contributed by atoms with Gasteiger partial charge in [0.25, 0.3) is 0 Å². The van der Waals surface area contributed by atoms with Gasteiger partial charge in [-0.1, -0.05) is 43.7 Å². The normalized spacial score (nSPS) is 12.1. The summed E-state index contributed by atoms with van der Waals surface area (Å²) < 4.78 is 0. The Morgan fingerprint density at radius 1 is 1.07 bits per heavy atom. The molecule has 0 aliphatic carbocycles. The fourth-order valence-corrected chi connectivity index (χ4v) is 1.78.